The molecule has 0 saturated carbocycles. The van der Waals surface area contributed by atoms with Crippen molar-refractivity contribution >= 4 is 29.1 Å². The quantitative estimate of drug-likeness (QED) is 0.591. The van der Waals surface area contributed by atoms with Gasteiger partial charge in [0.15, 0.2) is 0 Å². The predicted octanol–water partition coefficient (Wildman–Crippen LogP) is 5.00. The molecule has 3 rings (SSSR count). The van der Waals surface area contributed by atoms with Crippen molar-refractivity contribution in [2.75, 3.05) is 5.73 Å². The molecule has 0 unspecified atom stereocenters. The normalized spacial score (nSPS) is 13.8. The van der Waals surface area contributed by atoms with Gasteiger partial charge in [-0.2, -0.15) is 13.2 Å². The van der Waals surface area contributed by atoms with Gasteiger partial charge in [-0.1, -0.05) is 29.4 Å². The van der Waals surface area contributed by atoms with E-state index in [1.807, 2.05) is 6.07 Å². The average molecular weight is 316 g/mol. The Morgan fingerprint density at radius 3 is 2.55 bits per heavy atom. The third kappa shape index (κ3) is 2.36. The van der Waals surface area contributed by atoms with Crippen LogP contribution in [0.5, 0.6) is 0 Å². The van der Waals surface area contributed by atoms with Crippen LogP contribution in [0, 0.1) is 0 Å². The van der Waals surface area contributed by atoms with Gasteiger partial charge in [0.05, 0.1) is 5.56 Å². The molecule has 0 bridgehead atoms. The van der Waals surface area contributed by atoms with E-state index < -0.39 is 11.7 Å². The van der Waals surface area contributed by atoms with Crippen LogP contribution >= 0.6 is 23.4 Å². The molecule has 0 fully saturated rings. The molecule has 0 atom stereocenters. The van der Waals surface area contributed by atoms with Gasteiger partial charge >= 0.3 is 6.18 Å². The van der Waals surface area contributed by atoms with Crippen LogP contribution in [0.25, 0.3) is 0 Å². The van der Waals surface area contributed by atoms with Crippen molar-refractivity contribution in [1.29, 1.82) is 0 Å². The lowest BCUT2D eigenvalue weighted by atomic mass is 10.0. The summed E-state index contributed by atoms with van der Waals surface area (Å²) in [5.41, 5.74) is 7.03. The molecular formula is C14H9ClF3NS. The molecule has 6 heteroatoms. The molecule has 2 aromatic rings. The fourth-order valence-corrected chi connectivity index (χ4v) is 3.62. The first-order chi connectivity index (χ1) is 9.34. The van der Waals surface area contributed by atoms with Crippen LogP contribution in [0.3, 0.4) is 0 Å². The first kappa shape index (κ1) is 13.6. The number of hydrogen-bond donors (Lipinski definition) is 1. The molecule has 0 spiro atoms. The Balaban J connectivity index is 2.10. The minimum Gasteiger partial charge on any atom is -0.398 e. The Morgan fingerprint density at radius 1 is 1.10 bits per heavy atom. The molecule has 0 amide bonds. The second-order valence-electron chi connectivity index (χ2n) is 4.57. The minimum atomic E-state index is -4.39. The fourth-order valence-electron chi connectivity index (χ4n) is 2.19. The Bertz CT molecular complexity index is 698. The number of nitrogens with two attached hydrogens (primary N) is 1. The van der Waals surface area contributed by atoms with Crippen LogP contribution in [0.2, 0.25) is 5.02 Å². The van der Waals surface area contributed by atoms with E-state index in [0.29, 0.717) is 16.3 Å². The van der Waals surface area contributed by atoms with Gasteiger partial charge in [-0.15, -0.1) is 0 Å². The van der Waals surface area contributed by atoms with Gasteiger partial charge in [-0.05, 0) is 35.4 Å². The summed E-state index contributed by atoms with van der Waals surface area (Å²) >= 11 is 7.20. The van der Waals surface area contributed by atoms with Crippen molar-refractivity contribution in [3.05, 3.63) is 52.0 Å². The molecule has 0 saturated heterocycles. The van der Waals surface area contributed by atoms with Crippen LogP contribution in [-0.2, 0) is 12.6 Å². The van der Waals surface area contributed by atoms with Gasteiger partial charge in [0.2, 0.25) is 0 Å². The van der Waals surface area contributed by atoms with Crippen LogP contribution in [-0.4, -0.2) is 0 Å². The van der Waals surface area contributed by atoms with Crippen molar-refractivity contribution in [3.63, 3.8) is 0 Å². The highest BCUT2D eigenvalue weighted by molar-refractivity contribution is 7.99. The highest BCUT2D eigenvalue weighted by Gasteiger charge is 2.33. The highest BCUT2D eigenvalue weighted by Crippen LogP contribution is 2.45. The SMILES string of the molecule is Nc1cc(C(F)(F)F)cc2c1Cc1ccc(Cl)cc1S2. The summed E-state index contributed by atoms with van der Waals surface area (Å²) in [5.74, 6) is 0. The van der Waals surface area contributed by atoms with E-state index in [1.165, 1.54) is 11.8 Å². The van der Waals surface area contributed by atoms with E-state index in [9.17, 15) is 13.2 Å². The minimum absolute atomic E-state index is 0.183. The number of hydrogen-bond acceptors (Lipinski definition) is 2. The number of benzene rings is 2. The average Bonchev–Trinajstić information content (AvgIpc) is 2.35. The molecule has 0 aromatic heterocycles. The third-order valence-corrected chi connectivity index (χ3v) is 4.61. The van der Waals surface area contributed by atoms with Crippen molar-refractivity contribution < 1.29 is 13.2 Å². The van der Waals surface area contributed by atoms with Gasteiger partial charge in [-0.3, -0.25) is 0 Å². The summed E-state index contributed by atoms with van der Waals surface area (Å²) in [6.45, 7) is 0. The summed E-state index contributed by atoms with van der Waals surface area (Å²) in [6, 6.07) is 7.57. The molecule has 0 aliphatic carbocycles. The number of anilines is 1. The van der Waals surface area contributed by atoms with E-state index in [-0.39, 0.29) is 5.69 Å². The summed E-state index contributed by atoms with van der Waals surface area (Å²) in [7, 11) is 0. The van der Waals surface area contributed by atoms with E-state index in [1.54, 1.807) is 12.1 Å². The van der Waals surface area contributed by atoms with Crippen molar-refractivity contribution in [1.82, 2.24) is 0 Å². The first-order valence-corrected chi connectivity index (χ1v) is 7.00. The maximum Gasteiger partial charge on any atom is 0.416 e. The maximum absolute atomic E-state index is 12.8. The molecule has 104 valence electrons. The Labute approximate surface area is 122 Å². The zero-order valence-electron chi connectivity index (χ0n) is 10.1. The van der Waals surface area contributed by atoms with Gasteiger partial charge in [0.25, 0.3) is 0 Å². The molecule has 2 aromatic carbocycles. The Kier molecular flexibility index (Phi) is 3.14. The van der Waals surface area contributed by atoms with Crippen molar-refractivity contribution in [2.45, 2.75) is 22.4 Å². The molecule has 1 nitrogen and oxygen atoms in total. The fraction of sp³-hybridized carbons (Fsp3) is 0.143. The van der Waals surface area contributed by atoms with Crippen LogP contribution < -0.4 is 5.73 Å². The van der Waals surface area contributed by atoms with Gasteiger partial charge in [0, 0.05) is 26.9 Å². The molecule has 1 aliphatic heterocycles. The Hall–Kier alpha value is -1.33. The number of fused-ring (bicyclic) bond motifs is 2. The highest BCUT2D eigenvalue weighted by atomic mass is 35.5. The van der Waals surface area contributed by atoms with E-state index >= 15 is 0 Å². The second kappa shape index (κ2) is 4.60. The Morgan fingerprint density at radius 2 is 1.85 bits per heavy atom. The monoisotopic (exact) mass is 315 g/mol. The van der Waals surface area contributed by atoms with E-state index in [2.05, 4.69) is 0 Å². The topological polar surface area (TPSA) is 26.0 Å². The zero-order valence-corrected chi connectivity index (χ0v) is 11.7. The van der Waals surface area contributed by atoms with Gasteiger partial charge in [-0.25, -0.2) is 0 Å². The van der Waals surface area contributed by atoms with Crippen LogP contribution in [0.15, 0.2) is 40.1 Å². The lowest BCUT2D eigenvalue weighted by Gasteiger charge is -2.22. The molecule has 1 heterocycles. The predicted molar refractivity (Wildman–Crippen MR) is 74.2 cm³/mol. The van der Waals surface area contributed by atoms with Crippen LogP contribution in [0.1, 0.15) is 16.7 Å². The summed E-state index contributed by atoms with van der Waals surface area (Å²) < 4.78 is 38.4. The summed E-state index contributed by atoms with van der Waals surface area (Å²) in [6.07, 6.45) is -3.86. The lowest BCUT2D eigenvalue weighted by Crippen LogP contribution is -2.10. The number of nitrogen functional groups attached to an aromatic ring is 1. The third-order valence-electron chi connectivity index (χ3n) is 3.19. The van der Waals surface area contributed by atoms with Crippen molar-refractivity contribution in [3.8, 4) is 0 Å². The van der Waals surface area contributed by atoms with Crippen molar-refractivity contribution in [2.24, 2.45) is 0 Å². The molecule has 1 aliphatic rings. The maximum atomic E-state index is 12.8. The van der Waals surface area contributed by atoms with E-state index in [4.69, 9.17) is 17.3 Å². The number of halogens is 4. The summed E-state index contributed by atoms with van der Waals surface area (Å²) in [4.78, 5) is 1.43. The lowest BCUT2D eigenvalue weighted by molar-refractivity contribution is -0.137. The molecule has 0 radical (unpaired) electrons. The molecule has 2 N–H and O–H groups in total. The zero-order chi connectivity index (χ0) is 14.5. The molecule has 20 heavy (non-hydrogen) atoms. The van der Waals surface area contributed by atoms with E-state index in [0.717, 1.165) is 28.2 Å². The van der Waals surface area contributed by atoms with Gasteiger partial charge < -0.3 is 5.73 Å². The van der Waals surface area contributed by atoms with Crippen LogP contribution in [0.4, 0.5) is 18.9 Å². The second-order valence-corrected chi connectivity index (χ2v) is 6.09. The first-order valence-electron chi connectivity index (χ1n) is 5.80. The number of alkyl halides is 3. The smallest absolute Gasteiger partial charge is 0.398 e. The molecular weight excluding hydrogens is 307 g/mol. The van der Waals surface area contributed by atoms with Gasteiger partial charge in [0.1, 0.15) is 0 Å². The largest absolute Gasteiger partial charge is 0.416 e. The standard InChI is InChI=1S/C14H9ClF3NS/c15-9-2-1-7-3-10-11(19)4-8(14(16,17)18)5-13(10)20-12(7)6-9/h1-2,4-6H,3,19H2. The summed E-state index contributed by atoms with van der Waals surface area (Å²) in [5, 5.41) is 0.569. The number of rotatable bonds is 0.